The molecule has 0 spiro atoms. The van der Waals surface area contributed by atoms with Crippen molar-refractivity contribution in [2.75, 3.05) is 14.2 Å². The largest absolute Gasteiger partial charge is 0.469 e. The van der Waals surface area contributed by atoms with E-state index in [9.17, 15) is 9.59 Å². The Kier molecular flexibility index (Phi) is 5.69. The van der Waals surface area contributed by atoms with Crippen molar-refractivity contribution in [3.05, 3.63) is 141 Å². The summed E-state index contributed by atoms with van der Waals surface area (Å²) in [6.07, 6.45) is 0. The molecule has 0 heterocycles. The van der Waals surface area contributed by atoms with Crippen LogP contribution in [0.5, 0.6) is 0 Å². The first kappa shape index (κ1) is 25.9. The predicted octanol–water partition coefficient (Wildman–Crippen LogP) is 5.93. The Morgan fingerprint density at radius 2 is 1.17 bits per heavy atom. The van der Waals surface area contributed by atoms with Gasteiger partial charge in [-0.15, -0.1) is 0 Å². The summed E-state index contributed by atoms with van der Waals surface area (Å²) in [6.45, 7) is 4.08. The van der Waals surface area contributed by atoms with Crippen LogP contribution in [0, 0.1) is 42.9 Å². The Labute approximate surface area is 245 Å². The molecule has 7 rings (SSSR count). The summed E-state index contributed by atoms with van der Waals surface area (Å²) >= 11 is 0. The first-order chi connectivity index (χ1) is 20.4. The minimum atomic E-state index is -1.25. The van der Waals surface area contributed by atoms with Gasteiger partial charge in [-0.05, 0) is 72.5 Å². The highest BCUT2D eigenvalue weighted by Crippen LogP contribution is 2.90. The van der Waals surface area contributed by atoms with Crippen LogP contribution in [-0.4, -0.2) is 26.2 Å². The van der Waals surface area contributed by atoms with Gasteiger partial charge in [0.1, 0.15) is 10.8 Å². The van der Waals surface area contributed by atoms with Crippen molar-refractivity contribution < 1.29 is 19.1 Å². The molecule has 0 aromatic heterocycles. The Morgan fingerprint density at radius 1 is 0.643 bits per heavy atom. The molecule has 0 radical (unpaired) electrons. The van der Waals surface area contributed by atoms with Gasteiger partial charge in [-0.1, -0.05) is 83.3 Å². The van der Waals surface area contributed by atoms with Crippen molar-refractivity contribution in [1.82, 2.24) is 0 Å². The molecule has 1 fully saturated rings. The van der Waals surface area contributed by atoms with Crippen LogP contribution in [0.25, 0.3) is 0 Å². The van der Waals surface area contributed by atoms with Crippen molar-refractivity contribution in [3.63, 3.8) is 0 Å². The van der Waals surface area contributed by atoms with Gasteiger partial charge in [-0.25, -0.2) is 0 Å². The molecule has 4 nitrogen and oxygen atoms in total. The normalized spacial score (nSPS) is 23.2. The highest BCUT2D eigenvalue weighted by atomic mass is 16.5. The van der Waals surface area contributed by atoms with Crippen LogP contribution >= 0.6 is 0 Å². The van der Waals surface area contributed by atoms with E-state index in [1.165, 1.54) is 14.2 Å². The van der Waals surface area contributed by atoms with Crippen molar-refractivity contribution in [2.24, 2.45) is 5.41 Å². The molecule has 4 atom stereocenters. The number of esters is 2. The van der Waals surface area contributed by atoms with E-state index in [0.29, 0.717) is 5.56 Å². The van der Waals surface area contributed by atoms with E-state index < -0.39 is 34.6 Å². The number of methoxy groups -OCH3 is 2. The summed E-state index contributed by atoms with van der Waals surface area (Å²) in [6, 6.07) is 28.0. The number of hydrogen-bond acceptors (Lipinski definition) is 4. The van der Waals surface area contributed by atoms with Crippen LogP contribution in [0.3, 0.4) is 0 Å². The van der Waals surface area contributed by atoms with Crippen molar-refractivity contribution in [2.45, 2.75) is 31.1 Å². The van der Waals surface area contributed by atoms with Crippen LogP contribution < -0.4 is 0 Å². The molecule has 4 heteroatoms. The summed E-state index contributed by atoms with van der Waals surface area (Å²) in [5, 5.41) is 0. The van der Waals surface area contributed by atoms with Gasteiger partial charge in [0.2, 0.25) is 0 Å². The molecule has 3 aliphatic rings. The molecule has 204 valence electrons. The summed E-state index contributed by atoms with van der Waals surface area (Å²) in [5.74, 6) is 11.7. The summed E-state index contributed by atoms with van der Waals surface area (Å²) < 4.78 is 11.0. The zero-order valence-electron chi connectivity index (χ0n) is 23.9. The van der Waals surface area contributed by atoms with Crippen LogP contribution in [0.15, 0.2) is 84.9 Å². The van der Waals surface area contributed by atoms with E-state index in [-0.39, 0.29) is 0 Å². The van der Waals surface area contributed by atoms with Gasteiger partial charge >= 0.3 is 11.9 Å². The van der Waals surface area contributed by atoms with E-state index >= 15 is 0 Å². The minimum Gasteiger partial charge on any atom is -0.469 e. The van der Waals surface area contributed by atoms with E-state index in [2.05, 4.69) is 29.7 Å². The third kappa shape index (κ3) is 3.21. The Hall–Kier alpha value is -5.06. The fraction of sp³-hybridized carbons (Fsp3) is 0.211. The zero-order valence-corrected chi connectivity index (χ0v) is 23.9. The lowest BCUT2D eigenvalue weighted by atomic mass is 9.81. The zero-order chi connectivity index (χ0) is 29.2. The average molecular weight is 549 g/mol. The Morgan fingerprint density at radius 3 is 1.74 bits per heavy atom. The summed E-state index contributed by atoms with van der Waals surface area (Å²) in [7, 11) is 2.77. The van der Waals surface area contributed by atoms with Gasteiger partial charge in [0.25, 0.3) is 0 Å². The minimum absolute atomic E-state index is 0.404. The van der Waals surface area contributed by atoms with E-state index in [1.807, 2.05) is 92.7 Å². The van der Waals surface area contributed by atoms with Gasteiger partial charge in [-0.3, -0.25) is 9.59 Å². The fourth-order valence-electron chi connectivity index (χ4n) is 7.61. The second-order valence-electron chi connectivity index (χ2n) is 11.3. The third-order valence-electron chi connectivity index (χ3n) is 9.28. The molecule has 0 N–H and O–H groups in total. The van der Waals surface area contributed by atoms with Crippen molar-refractivity contribution in [1.29, 1.82) is 0 Å². The molecular weight excluding hydrogens is 520 g/mol. The lowest BCUT2D eigenvalue weighted by molar-refractivity contribution is -0.154. The molecule has 2 unspecified atom stereocenters. The number of carbonyl (C=O) groups is 2. The van der Waals surface area contributed by atoms with Crippen LogP contribution in [0.2, 0.25) is 0 Å². The number of benzene rings is 4. The number of ether oxygens (including phenoxy) is 2. The fourth-order valence-corrected chi connectivity index (χ4v) is 7.61. The average Bonchev–Trinajstić information content (AvgIpc) is 3.44. The third-order valence-corrected chi connectivity index (χ3v) is 9.28. The molecule has 1 saturated carbocycles. The topological polar surface area (TPSA) is 52.6 Å². The SMILES string of the molecule is COC(=O)C12C3c4ccccc4[C@@H]1[C@@]2(C(=O)OC)c1c(C#Cc2ccc(C)cc2)ccc(C#Cc2ccc(C)cc2)c13. The monoisotopic (exact) mass is 548 g/mol. The van der Waals surface area contributed by atoms with Crippen LogP contribution in [0.1, 0.15) is 67.5 Å². The predicted molar refractivity (Wildman–Crippen MR) is 160 cm³/mol. The molecule has 42 heavy (non-hydrogen) atoms. The van der Waals surface area contributed by atoms with E-state index in [1.54, 1.807) is 0 Å². The molecule has 3 aliphatic carbocycles. The van der Waals surface area contributed by atoms with Crippen molar-refractivity contribution in [3.8, 4) is 23.7 Å². The highest BCUT2D eigenvalue weighted by molar-refractivity contribution is 6.09. The van der Waals surface area contributed by atoms with Crippen LogP contribution in [-0.2, 0) is 24.5 Å². The molecule has 0 aliphatic heterocycles. The van der Waals surface area contributed by atoms with E-state index in [4.69, 9.17) is 9.47 Å². The maximum absolute atomic E-state index is 14.0. The quantitative estimate of drug-likeness (QED) is 0.230. The molecular formula is C38H28O4. The lowest BCUT2D eigenvalue weighted by Crippen LogP contribution is -2.34. The number of aryl methyl sites for hydroxylation is 2. The first-order valence-electron chi connectivity index (χ1n) is 14.0. The highest BCUT2D eigenvalue weighted by Gasteiger charge is 2.95. The summed E-state index contributed by atoms with van der Waals surface area (Å²) in [4.78, 5) is 28.0. The van der Waals surface area contributed by atoms with Gasteiger partial charge < -0.3 is 9.47 Å². The smallest absolute Gasteiger partial charge is 0.318 e. The molecule has 4 aromatic carbocycles. The maximum Gasteiger partial charge on any atom is 0.318 e. The standard InChI is InChI=1S/C38H28O4/c1-23-9-13-25(14-10-23)17-19-27-21-22-28(20-18-26-15-11-24(2)12-16-26)32-31(27)33-29-7-5-6-8-30(29)34-37(32,35(39)41-3)38(33,34)36(40)42-4/h5-16,21-22,33-34H,1-4H3/t33?,34-,37-,38?/m1/s1. The first-order valence-corrected chi connectivity index (χ1v) is 14.0. The number of rotatable bonds is 2. The van der Waals surface area contributed by atoms with Gasteiger partial charge in [0, 0.05) is 34.1 Å². The number of fused-ring (bicyclic) bond motifs is 7. The molecule has 0 saturated heterocycles. The Balaban J connectivity index is 1.53. The molecule has 0 amide bonds. The second-order valence-corrected chi connectivity index (χ2v) is 11.3. The number of hydrogen-bond donors (Lipinski definition) is 0. The lowest BCUT2D eigenvalue weighted by Gasteiger charge is -2.21. The summed E-state index contributed by atoms with van der Waals surface area (Å²) in [5.41, 5.74) is 6.73. The Bertz CT molecular complexity index is 1930. The van der Waals surface area contributed by atoms with Gasteiger partial charge in [0.05, 0.1) is 14.2 Å². The molecule has 4 aromatic rings. The van der Waals surface area contributed by atoms with Crippen LogP contribution in [0.4, 0.5) is 0 Å². The second kappa shape index (κ2) is 9.23. The number of carbonyl (C=O) groups excluding carboxylic acids is 2. The van der Waals surface area contributed by atoms with E-state index in [0.717, 1.165) is 50.1 Å². The van der Waals surface area contributed by atoms with Gasteiger partial charge in [-0.2, -0.15) is 0 Å². The molecule has 0 bridgehead atoms. The van der Waals surface area contributed by atoms with Crippen molar-refractivity contribution >= 4 is 11.9 Å². The van der Waals surface area contributed by atoms with Gasteiger partial charge in [0.15, 0.2) is 0 Å². The maximum atomic E-state index is 14.0.